The Bertz CT molecular complexity index is 1020. The first kappa shape index (κ1) is 16.1. The number of hydrogen-bond donors (Lipinski definition) is 0. The van der Waals surface area contributed by atoms with Crippen LogP contribution in [0, 0.1) is 5.82 Å². The monoisotopic (exact) mass is 370 g/mol. The van der Waals surface area contributed by atoms with Gasteiger partial charge in [0.05, 0.1) is 5.69 Å². The topological polar surface area (TPSA) is 43.1 Å². The predicted molar refractivity (Wildman–Crippen MR) is 97.2 cm³/mol. The summed E-state index contributed by atoms with van der Waals surface area (Å²) in [4.78, 5) is 0. The van der Waals surface area contributed by atoms with Gasteiger partial charge < -0.3 is 0 Å². The van der Waals surface area contributed by atoms with Crippen molar-refractivity contribution in [2.45, 2.75) is 10.9 Å². The molecular weight excluding hydrogens is 359 g/mol. The highest BCUT2D eigenvalue weighted by Gasteiger charge is 2.10. The number of halogens is 2. The molecule has 2 aromatic carbocycles. The molecule has 0 aliphatic carbocycles. The van der Waals surface area contributed by atoms with Crippen molar-refractivity contribution in [1.82, 2.24) is 19.8 Å². The Hall–Kier alpha value is -2.44. The van der Waals surface area contributed by atoms with E-state index in [9.17, 15) is 4.39 Å². The number of hydrogen-bond acceptors (Lipinski definition) is 4. The minimum absolute atomic E-state index is 0.240. The summed E-state index contributed by atoms with van der Waals surface area (Å²) in [5, 5.41) is 14.3. The first-order valence-electron chi connectivity index (χ1n) is 7.55. The van der Waals surface area contributed by atoms with Gasteiger partial charge in [-0.2, -0.15) is 9.61 Å². The second kappa shape index (κ2) is 6.82. The molecule has 0 saturated carbocycles. The summed E-state index contributed by atoms with van der Waals surface area (Å²) in [7, 11) is 0. The van der Waals surface area contributed by atoms with E-state index in [1.54, 1.807) is 16.6 Å². The third-order valence-corrected chi connectivity index (χ3v) is 4.90. The standard InChI is InChI=1S/C18H12ClFN4S/c19-14-5-3-13(4-6-14)16-9-10-17-21-22-18(24(17)23-16)25-11-12-1-7-15(20)8-2-12/h1-10H,11H2. The van der Waals surface area contributed by atoms with Crippen LogP contribution in [0.25, 0.3) is 16.9 Å². The highest BCUT2D eigenvalue weighted by Crippen LogP contribution is 2.24. The van der Waals surface area contributed by atoms with Crippen molar-refractivity contribution in [3.05, 3.63) is 77.1 Å². The summed E-state index contributed by atoms with van der Waals surface area (Å²) < 4.78 is 14.7. The van der Waals surface area contributed by atoms with Crippen LogP contribution in [0.15, 0.2) is 65.8 Å². The molecule has 7 heteroatoms. The molecule has 4 rings (SSSR count). The number of fused-ring (bicyclic) bond motifs is 1. The third-order valence-electron chi connectivity index (χ3n) is 3.66. The van der Waals surface area contributed by atoms with E-state index in [0.717, 1.165) is 16.8 Å². The lowest BCUT2D eigenvalue weighted by molar-refractivity contribution is 0.627. The molecule has 0 spiro atoms. The summed E-state index contributed by atoms with van der Waals surface area (Å²) in [5.74, 6) is 0.421. The third kappa shape index (κ3) is 3.50. The molecular formula is C18H12ClFN4S. The van der Waals surface area contributed by atoms with Gasteiger partial charge >= 0.3 is 0 Å². The van der Waals surface area contributed by atoms with Crippen molar-refractivity contribution < 1.29 is 4.39 Å². The second-order valence-electron chi connectivity index (χ2n) is 5.39. The lowest BCUT2D eigenvalue weighted by atomic mass is 10.1. The molecule has 0 saturated heterocycles. The van der Waals surface area contributed by atoms with E-state index in [2.05, 4.69) is 15.3 Å². The molecule has 0 atom stereocenters. The molecule has 25 heavy (non-hydrogen) atoms. The van der Waals surface area contributed by atoms with E-state index in [-0.39, 0.29) is 5.82 Å². The minimum Gasteiger partial charge on any atom is -0.207 e. The zero-order valence-corrected chi connectivity index (χ0v) is 14.5. The van der Waals surface area contributed by atoms with Crippen molar-refractivity contribution >= 4 is 29.0 Å². The van der Waals surface area contributed by atoms with Crippen LogP contribution < -0.4 is 0 Å². The average Bonchev–Trinajstić information content (AvgIpc) is 3.04. The molecule has 4 aromatic rings. The molecule has 0 bridgehead atoms. The number of nitrogens with zero attached hydrogens (tertiary/aromatic N) is 4. The molecule has 0 N–H and O–H groups in total. The van der Waals surface area contributed by atoms with Crippen LogP contribution in [0.5, 0.6) is 0 Å². The van der Waals surface area contributed by atoms with Crippen molar-refractivity contribution in [1.29, 1.82) is 0 Å². The fourth-order valence-corrected chi connectivity index (χ4v) is 3.33. The van der Waals surface area contributed by atoms with Crippen molar-refractivity contribution in [2.24, 2.45) is 0 Å². The van der Waals surface area contributed by atoms with Gasteiger partial charge in [0.25, 0.3) is 0 Å². The molecule has 0 unspecified atom stereocenters. The number of aromatic nitrogens is 4. The van der Waals surface area contributed by atoms with Gasteiger partial charge in [0.1, 0.15) is 5.82 Å². The SMILES string of the molecule is Fc1ccc(CSc2nnc3ccc(-c4ccc(Cl)cc4)nn23)cc1. The maximum atomic E-state index is 13.0. The molecule has 0 aliphatic rings. The molecule has 4 nitrogen and oxygen atoms in total. The predicted octanol–water partition coefficient (Wildman–Crippen LogP) is 4.88. The minimum atomic E-state index is -0.240. The molecule has 0 fully saturated rings. The largest absolute Gasteiger partial charge is 0.212 e. The normalized spacial score (nSPS) is 11.1. The highest BCUT2D eigenvalue weighted by atomic mass is 35.5. The fourth-order valence-electron chi connectivity index (χ4n) is 2.36. The molecule has 0 radical (unpaired) electrons. The van der Waals surface area contributed by atoms with E-state index >= 15 is 0 Å². The molecule has 0 amide bonds. The van der Waals surface area contributed by atoms with Gasteiger partial charge in [0.2, 0.25) is 5.16 Å². The zero-order chi connectivity index (χ0) is 17.2. The Morgan fingerprint density at radius 1 is 0.920 bits per heavy atom. The summed E-state index contributed by atoms with van der Waals surface area (Å²) in [6, 6.07) is 17.7. The Morgan fingerprint density at radius 3 is 2.44 bits per heavy atom. The fraction of sp³-hybridized carbons (Fsp3) is 0.0556. The van der Waals surface area contributed by atoms with Gasteiger partial charge in [-0.25, -0.2) is 4.39 Å². The van der Waals surface area contributed by atoms with Crippen molar-refractivity contribution in [3.8, 4) is 11.3 Å². The second-order valence-corrected chi connectivity index (χ2v) is 6.77. The molecule has 2 aromatic heterocycles. The first-order valence-corrected chi connectivity index (χ1v) is 8.91. The van der Waals surface area contributed by atoms with Crippen LogP contribution in [-0.4, -0.2) is 19.8 Å². The molecule has 124 valence electrons. The average molecular weight is 371 g/mol. The van der Waals surface area contributed by atoms with Crippen LogP contribution in [0.4, 0.5) is 4.39 Å². The van der Waals surface area contributed by atoms with Gasteiger partial charge in [-0.3, -0.25) is 0 Å². The number of benzene rings is 2. The van der Waals surface area contributed by atoms with Gasteiger partial charge in [0.15, 0.2) is 5.65 Å². The van der Waals surface area contributed by atoms with Crippen LogP contribution in [0.1, 0.15) is 5.56 Å². The lowest BCUT2D eigenvalue weighted by Crippen LogP contribution is -1.96. The quantitative estimate of drug-likeness (QED) is 0.480. The van der Waals surface area contributed by atoms with Crippen molar-refractivity contribution in [2.75, 3.05) is 0 Å². The van der Waals surface area contributed by atoms with Gasteiger partial charge in [-0.1, -0.05) is 47.6 Å². The highest BCUT2D eigenvalue weighted by molar-refractivity contribution is 7.98. The first-order chi connectivity index (χ1) is 12.2. The van der Waals surface area contributed by atoms with Crippen molar-refractivity contribution in [3.63, 3.8) is 0 Å². The van der Waals surface area contributed by atoms with Gasteiger partial charge in [-0.15, -0.1) is 10.2 Å². The smallest absolute Gasteiger partial charge is 0.207 e. The Labute approximate surface area is 152 Å². The van der Waals surface area contributed by atoms with Crippen LogP contribution in [0.2, 0.25) is 5.02 Å². The van der Waals surface area contributed by atoms with Crippen LogP contribution >= 0.6 is 23.4 Å². The number of thioether (sulfide) groups is 1. The van der Waals surface area contributed by atoms with Crippen LogP contribution in [-0.2, 0) is 5.75 Å². The Morgan fingerprint density at radius 2 is 1.68 bits per heavy atom. The zero-order valence-electron chi connectivity index (χ0n) is 12.9. The summed E-state index contributed by atoms with van der Waals surface area (Å²) in [6.07, 6.45) is 0. The van der Waals surface area contributed by atoms with E-state index in [1.807, 2.05) is 36.4 Å². The molecule has 2 heterocycles. The van der Waals surface area contributed by atoms with Crippen LogP contribution in [0.3, 0.4) is 0 Å². The lowest BCUT2D eigenvalue weighted by Gasteiger charge is -2.04. The summed E-state index contributed by atoms with van der Waals surface area (Å²) >= 11 is 7.44. The summed E-state index contributed by atoms with van der Waals surface area (Å²) in [5.41, 5.74) is 3.47. The van der Waals surface area contributed by atoms with E-state index < -0.39 is 0 Å². The van der Waals surface area contributed by atoms with Gasteiger partial charge in [0, 0.05) is 16.3 Å². The Balaban J connectivity index is 1.62. The maximum absolute atomic E-state index is 13.0. The Kier molecular flexibility index (Phi) is 4.38. The number of rotatable bonds is 4. The van der Waals surface area contributed by atoms with Gasteiger partial charge in [-0.05, 0) is 42.0 Å². The summed E-state index contributed by atoms with van der Waals surface area (Å²) in [6.45, 7) is 0. The molecule has 0 aliphatic heterocycles. The van der Waals surface area contributed by atoms with E-state index in [4.69, 9.17) is 11.6 Å². The van der Waals surface area contributed by atoms with E-state index in [1.165, 1.54) is 23.9 Å². The maximum Gasteiger partial charge on any atom is 0.212 e. The van der Waals surface area contributed by atoms with E-state index in [0.29, 0.717) is 21.6 Å².